The van der Waals surface area contributed by atoms with Crippen molar-refractivity contribution < 1.29 is 22.9 Å². The van der Waals surface area contributed by atoms with Crippen LogP contribution in [0.2, 0.25) is 5.02 Å². The fourth-order valence-electron chi connectivity index (χ4n) is 3.03. The van der Waals surface area contributed by atoms with Crippen LogP contribution >= 0.6 is 11.6 Å². The number of hydrogen-bond acceptors (Lipinski definition) is 4. The Kier molecular flexibility index (Phi) is 5.46. The third-order valence-corrected chi connectivity index (χ3v) is 4.75. The summed E-state index contributed by atoms with van der Waals surface area (Å²) >= 11 is 5.87. The molecule has 1 aliphatic rings. The van der Waals surface area contributed by atoms with E-state index in [0.717, 1.165) is 31.0 Å². The Morgan fingerprint density at radius 2 is 1.82 bits per heavy atom. The van der Waals surface area contributed by atoms with Gasteiger partial charge in [0, 0.05) is 24.7 Å². The lowest BCUT2D eigenvalue weighted by molar-refractivity contribution is -0.384. The molecule has 0 unspecified atom stereocenters. The lowest BCUT2D eigenvalue weighted by Gasteiger charge is -2.18. The summed E-state index contributed by atoms with van der Waals surface area (Å²) in [5, 5.41) is 13.6. The van der Waals surface area contributed by atoms with Crippen LogP contribution in [0, 0.1) is 10.1 Å². The van der Waals surface area contributed by atoms with Crippen molar-refractivity contribution >= 4 is 34.6 Å². The van der Waals surface area contributed by atoms with Gasteiger partial charge >= 0.3 is 6.18 Å². The predicted molar refractivity (Wildman–Crippen MR) is 99.0 cm³/mol. The summed E-state index contributed by atoms with van der Waals surface area (Å²) in [6, 6.07) is 6.54. The van der Waals surface area contributed by atoms with E-state index in [2.05, 4.69) is 5.32 Å². The molecule has 0 saturated carbocycles. The third kappa shape index (κ3) is 4.19. The van der Waals surface area contributed by atoms with Crippen molar-refractivity contribution in [3.05, 3.63) is 62.7 Å². The van der Waals surface area contributed by atoms with E-state index in [9.17, 15) is 28.1 Å². The second-order valence-corrected chi connectivity index (χ2v) is 6.71. The highest BCUT2D eigenvalue weighted by atomic mass is 35.5. The molecule has 0 aromatic heterocycles. The van der Waals surface area contributed by atoms with E-state index in [0.29, 0.717) is 24.8 Å². The topological polar surface area (TPSA) is 75.5 Å². The number of benzene rings is 2. The van der Waals surface area contributed by atoms with Gasteiger partial charge in [-0.1, -0.05) is 11.6 Å². The summed E-state index contributed by atoms with van der Waals surface area (Å²) in [5.41, 5.74) is -1.07. The van der Waals surface area contributed by atoms with Gasteiger partial charge in [-0.15, -0.1) is 0 Å². The van der Waals surface area contributed by atoms with Gasteiger partial charge in [-0.3, -0.25) is 14.9 Å². The molecule has 1 heterocycles. The summed E-state index contributed by atoms with van der Waals surface area (Å²) in [7, 11) is 0. The Morgan fingerprint density at radius 3 is 2.43 bits per heavy atom. The van der Waals surface area contributed by atoms with E-state index in [1.807, 2.05) is 4.90 Å². The molecule has 2 aromatic rings. The molecule has 0 atom stereocenters. The molecule has 6 nitrogen and oxygen atoms in total. The van der Waals surface area contributed by atoms with Gasteiger partial charge in [0.1, 0.15) is 5.69 Å². The van der Waals surface area contributed by atoms with E-state index >= 15 is 0 Å². The molecular formula is C18H15ClF3N3O3. The molecular weight excluding hydrogens is 399 g/mol. The summed E-state index contributed by atoms with van der Waals surface area (Å²) in [6.45, 7) is 1.37. The molecule has 1 fully saturated rings. The average molecular weight is 414 g/mol. The number of halogens is 4. The largest absolute Gasteiger partial charge is 0.416 e. The van der Waals surface area contributed by atoms with Crippen molar-refractivity contribution in [3.63, 3.8) is 0 Å². The number of rotatable bonds is 4. The summed E-state index contributed by atoms with van der Waals surface area (Å²) in [5.74, 6) is -0.794. The normalized spacial score (nSPS) is 14.2. The number of amides is 1. The first-order valence-electron chi connectivity index (χ1n) is 8.38. The van der Waals surface area contributed by atoms with Crippen molar-refractivity contribution in [1.82, 2.24) is 0 Å². The molecule has 3 rings (SSSR count). The second kappa shape index (κ2) is 7.67. The Balaban J connectivity index is 1.89. The maximum atomic E-state index is 12.9. The zero-order valence-electron chi connectivity index (χ0n) is 14.4. The molecule has 148 valence electrons. The van der Waals surface area contributed by atoms with Crippen molar-refractivity contribution in [2.45, 2.75) is 19.0 Å². The minimum Gasteiger partial charge on any atom is -0.366 e. The number of nitro benzene ring substituents is 1. The molecule has 1 saturated heterocycles. The predicted octanol–water partition coefficient (Wildman–Crippen LogP) is 5.12. The van der Waals surface area contributed by atoms with Crippen LogP contribution in [-0.4, -0.2) is 23.9 Å². The zero-order valence-corrected chi connectivity index (χ0v) is 15.2. The Labute approximate surface area is 163 Å². The molecule has 0 spiro atoms. The van der Waals surface area contributed by atoms with Crippen LogP contribution in [0.1, 0.15) is 28.8 Å². The molecule has 0 aliphatic carbocycles. The fourth-order valence-corrected chi connectivity index (χ4v) is 3.19. The van der Waals surface area contributed by atoms with Gasteiger partial charge in [-0.05, 0) is 43.2 Å². The monoisotopic (exact) mass is 413 g/mol. The second-order valence-electron chi connectivity index (χ2n) is 6.30. The fraction of sp³-hybridized carbons (Fsp3) is 0.278. The van der Waals surface area contributed by atoms with Gasteiger partial charge in [-0.25, -0.2) is 0 Å². The summed E-state index contributed by atoms with van der Waals surface area (Å²) in [4.78, 5) is 25.2. The van der Waals surface area contributed by atoms with Gasteiger partial charge in [0.15, 0.2) is 0 Å². The first-order chi connectivity index (χ1) is 13.2. The highest BCUT2D eigenvalue weighted by Gasteiger charge is 2.31. The maximum absolute atomic E-state index is 12.9. The zero-order chi connectivity index (χ0) is 20.5. The number of nitro groups is 1. The SMILES string of the molecule is O=C(Nc1cc(C(F)(F)F)ccc1Cl)c1ccc(N2CCCC2)c([N+](=O)[O-])c1. The van der Waals surface area contributed by atoms with E-state index < -0.39 is 22.6 Å². The number of nitrogens with zero attached hydrogens (tertiary/aromatic N) is 2. The summed E-state index contributed by atoms with van der Waals surface area (Å²) < 4.78 is 38.6. The van der Waals surface area contributed by atoms with Gasteiger partial charge in [0.25, 0.3) is 11.6 Å². The first kappa shape index (κ1) is 19.9. The lowest BCUT2D eigenvalue weighted by Crippen LogP contribution is -2.20. The number of alkyl halides is 3. The molecule has 10 heteroatoms. The van der Waals surface area contributed by atoms with Crippen molar-refractivity contribution in [1.29, 1.82) is 0 Å². The molecule has 1 N–H and O–H groups in total. The highest BCUT2D eigenvalue weighted by Crippen LogP contribution is 2.35. The van der Waals surface area contributed by atoms with E-state index in [4.69, 9.17) is 11.6 Å². The van der Waals surface area contributed by atoms with Gasteiger partial charge in [0.05, 0.1) is 21.2 Å². The lowest BCUT2D eigenvalue weighted by atomic mass is 10.1. The molecule has 0 bridgehead atoms. The summed E-state index contributed by atoms with van der Waals surface area (Å²) in [6.07, 6.45) is -2.75. The van der Waals surface area contributed by atoms with Crippen molar-refractivity contribution in [2.24, 2.45) is 0 Å². The van der Waals surface area contributed by atoms with Crippen LogP contribution in [0.15, 0.2) is 36.4 Å². The molecule has 0 radical (unpaired) electrons. The van der Waals surface area contributed by atoms with Crippen LogP contribution in [0.5, 0.6) is 0 Å². The maximum Gasteiger partial charge on any atom is 0.416 e. The number of hydrogen-bond donors (Lipinski definition) is 1. The van der Waals surface area contributed by atoms with Crippen LogP contribution < -0.4 is 10.2 Å². The number of carbonyl (C=O) groups is 1. The van der Waals surface area contributed by atoms with Crippen molar-refractivity contribution in [3.8, 4) is 0 Å². The van der Waals surface area contributed by atoms with Gasteiger partial charge in [-0.2, -0.15) is 13.2 Å². The molecule has 1 aliphatic heterocycles. The Hall–Kier alpha value is -2.81. The highest BCUT2D eigenvalue weighted by molar-refractivity contribution is 6.34. The quantitative estimate of drug-likeness (QED) is 0.557. The van der Waals surface area contributed by atoms with Crippen LogP contribution in [0.3, 0.4) is 0 Å². The van der Waals surface area contributed by atoms with Crippen LogP contribution in [0.25, 0.3) is 0 Å². The minimum absolute atomic E-state index is 0.0527. The smallest absolute Gasteiger partial charge is 0.366 e. The Bertz CT molecular complexity index is 928. The van der Waals surface area contributed by atoms with Crippen LogP contribution in [0.4, 0.5) is 30.2 Å². The Morgan fingerprint density at radius 1 is 1.14 bits per heavy atom. The molecule has 28 heavy (non-hydrogen) atoms. The van der Waals surface area contributed by atoms with E-state index in [1.165, 1.54) is 12.1 Å². The third-order valence-electron chi connectivity index (χ3n) is 4.42. The van der Waals surface area contributed by atoms with E-state index in [1.54, 1.807) is 0 Å². The van der Waals surface area contributed by atoms with Crippen LogP contribution in [-0.2, 0) is 6.18 Å². The molecule has 1 amide bonds. The number of nitrogens with one attached hydrogen (secondary N) is 1. The average Bonchev–Trinajstić information content (AvgIpc) is 3.16. The number of carbonyl (C=O) groups excluding carboxylic acids is 1. The van der Waals surface area contributed by atoms with E-state index in [-0.39, 0.29) is 22.0 Å². The number of anilines is 2. The molecule has 2 aromatic carbocycles. The van der Waals surface area contributed by atoms with Gasteiger partial charge in [0.2, 0.25) is 0 Å². The minimum atomic E-state index is -4.60. The van der Waals surface area contributed by atoms with Gasteiger partial charge < -0.3 is 10.2 Å². The first-order valence-corrected chi connectivity index (χ1v) is 8.76. The van der Waals surface area contributed by atoms with Crippen molar-refractivity contribution in [2.75, 3.05) is 23.3 Å². The standard InChI is InChI=1S/C18H15ClF3N3O3/c19-13-5-4-12(18(20,21)22)10-14(13)23-17(26)11-3-6-15(16(9-11)25(27)28)24-7-1-2-8-24/h3-6,9-10H,1-2,7-8H2,(H,23,26).